The lowest BCUT2D eigenvalue weighted by Gasteiger charge is -2.20. The van der Waals surface area contributed by atoms with Gasteiger partial charge in [-0.25, -0.2) is 0 Å². The number of nitrogens with zero attached hydrogens (tertiary/aromatic N) is 1. The van der Waals surface area contributed by atoms with Gasteiger partial charge in [-0.15, -0.1) is 0 Å². The molecule has 1 aliphatic carbocycles. The van der Waals surface area contributed by atoms with Crippen LogP contribution >= 0.6 is 0 Å². The van der Waals surface area contributed by atoms with Gasteiger partial charge in [-0.05, 0) is 31.7 Å². The molecule has 0 unspecified atom stereocenters. The number of hydrogen-bond donors (Lipinski definition) is 1. The SMILES string of the molecule is CCCCCCCCOc1cccc2c1CCCC2=NO. The van der Waals surface area contributed by atoms with Gasteiger partial charge in [0.05, 0.1) is 12.3 Å². The summed E-state index contributed by atoms with van der Waals surface area (Å²) in [6, 6.07) is 6.06. The Morgan fingerprint density at radius 1 is 1.10 bits per heavy atom. The van der Waals surface area contributed by atoms with Crippen molar-refractivity contribution >= 4 is 5.71 Å². The van der Waals surface area contributed by atoms with Crippen LogP contribution in [0.4, 0.5) is 0 Å². The van der Waals surface area contributed by atoms with E-state index in [1.54, 1.807) is 0 Å². The summed E-state index contributed by atoms with van der Waals surface area (Å²) in [6.45, 7) is 3.03. The Kier molecular flexibility index (Phi) is 6.58. The summed E-state index contributed by atoms with van der Waals surface area (Å²) in [5.41, 5.74) is 3.06. The van der Waals surface area contributed by atoms with E-state index >= 15 is 0 Å². The highest BCUT2D eigenvalue weighted by Crippen LogP contribution is 2.30. The molecule has 1 N–H and O–H groups in total. The predicted octanol–water partition coefficient (Wildman–Crippen LogP) is 4.94. The number of fused-ring (bicyclic) bond motifs is 1. The van der Waals surface area contributed by atoms with Crippen molar-refractivity contribution in [2.24, 2.45) is 5.16 Å². The number of hydrogen-bond acceptors (Lipinski definition) is 3. The minimum absolute atomic E-state index is 0.786. The van der Waals surface area contributed by atoms with Crippen LogP contribution in [0.1, 0.15) is 69.4 Å². The third kappa shape index (κ3) is 4.48. The van der Waals surface area contributed by atoms with E-state index in [0.717, 1.165) is 49.3 Å². The quantitative estimate of drug-likeness (QED) is 0.418. The number of unbranched alkanes of at least 4 members (excludes halogenated alkanes) is 5. The molecule has 0 saturated carbocycles. The van der Waals surface area contributed by atoms with Crippen LogP contribution in [0, 0.1) is 0 Å². The molecule has 0 fully saturated rings. The molecule has 3 heteroatoms. The van der Waals surface area contributed by atoms with Gasteiger partial charge in [-0.1, -0.05) is 56.3 Å². The second kappa shape index (κ2) is 8.71. The minimum atomic E-state index is 0.786. The largest absolute Gasteiger partial charge is 0.493 e. The summed E-state index contributed by atoms with van der Waals surface area (Å²) in [5.74, 6) is 0.974. The summed E-state index contributed by atoms with van der Waals surface area (Å²) < 4.78 is 5.97. The smallest absolute Gasteiger partial charge is 0.123 e. The van der Waals surface area contributed by atoms with E-state index in [0.29, 0.717) is 0 Å². The number of ether oxygens (including phenoxy) is 1. The third-order valence-electron chi connectivity index (χ3n) is 4.16. The van der Waals surface area contributed by atoms with Crippen LogP contribution < -0.4 is 4.74 Å². The molecule has 116 valence electrons. The molecule has 0 aliphatic heterocycles. The van der Waals surface area contributed by atoms with Crippen LogP contribution in [0.3, 0.4) is 0 Å². The number of rotatable bonds is 8. The van der Waals surface area contributed by atoms with E-state index in [4.69, 9.17) is 9.94 Å². The average molecular weight is 289 g/mol. The highest BCUT2D eigenvalue weighted by atomic mass is 16.5. The van der Waals surface area contributed by atoms with Crippen LogP contribution in [-0.2, 0) is 6.42 Å². The first-order chi connectivity index (χ1) is 10.4. The van der Waals surface area contributed by atoms with Crippen LogP contribution in [-0.4, -0.2) is 17.5 Å². The van der Waals surface area contributed by atoms with Gasteiger partial charge in [0, 0.05) is 11.1 Å². The lowest BCUT2D eigenvalue weighted by atomic mass is 9.89. The standard InChI is InChI=1S/C18H27NO2/c1-2-3-4-5-6-7-14-21-18-13-9-10-15-16(18)11-8-12-17(15)19-20/h9-10,13,20H,2-8,11-12,14H2,1H3. The summed E-state index contributed by atoms with van der Waals surface area (Å²) in [4.78, 5) is 0. The first-order valence-electron chi connectivity index (χ1n) is 8.32. The fourth-order valence-corrected chi connectivity index (χ4v) is 2.96. The maximum atomic E-state index is 9.09. The first kappa shape index (κ1) is 15.9. The fourth-order valence-electron chi connectivity index (χ4n) is 2.96. The fraction of sp³-hybridized carbons (Fsp3) is 0.611. The molecular weight excluding hydrogens is 262 g/mol. The maximum absolute atomic E-state index is 9.09. The molecule has 0 heterocycles. The maximum Gasteiger partial charge on any atom is 0.123 e. The van der Waals surface area contributed by atoms with Gasteiger partial charge in [-0.2, -0.15) is 0 Å². The topological polar surface area (TPSA) is 41.8 Å². The van der Waals surface area contributed by atoms with Crippen LogP contribution in [0.5, 0.6) is 5.75 Å². The molecule has 0 atom stereocenters. The summed E-state index contributed by atoms with van der Waals surface area (Å²) in [7, 11) is 0. The summed E-state index contributed by atoms with van der Waals surface area (Å²) in [6.07, 6.45) is 10.6. The highest BCUT2D eigenvalue weighted by molar-refractivity contribution is 6.02. The molecule has 0 saturated heterocycles. The van der Waals surface area contributed by atoms with Crippen LogP contribution in [0.25, 0.3) is 0 Å². The predicted molar refractivity (Wildman–Crippen MR) is 86.6 cm³/mol. The Bertz CT molecular complexity index is 468. The van der Waals surface area contributed by atoms with Crippen molar-refractivity contribution in [3.05, 3.63) is 29.3 Å². The molecule has 1 aromatic rings. The summed E-state index contributed by atoms with van der Waals surface area (Å²) in [5, 5.41) is 12.5. The highest BCUT2D eigenvalue weighted by Gasteiger charge is 2.19. The third-order valence-corrected chi connectivity index (χ3v) is 4.16. The molecule has 1 aliphatic rings. The molecule has 2 rings (SSSR count). The van der Waals surface area contributed by atoms with Crippen LogP contribution in [0.2, 0.25) is 0 Å². The van der Waals surface area contributed by atoms with E-state index in [1.165, 1.54) is 37.7 Å². The van der Waals surface area contributed by atoms with E-state index in [-0.39, 0.29) is 0 Å². The van der Waals surface area contributed by atoms with E-state index < -0.39 is 0 Å². The lowest BCUT2D eigenvalue weighted by molar-refractivity contribution is 0.300. The van der Waals surface area contributed by atoms with Crippen molar-refractivity contribution < 1.29 is 9.94 Å². The zero-order chi connectivity index (χ0) is 14.9. The van der Waals surface area contributed by atoms with Gasteiger partial charge in [0.25, 0.3) is 0 Å². The molecule has 21 heavy (non-hydrogen) atoms. The van der Waals surface area contributed by atoms with Gasteiger partial charge in [-0.3, -0.25) is 0 Å². The normalized spacial score (nSPS) is 16.0. The Morgan fingerprint density at radius 3 is 2.71 bits per heavy atom. The van der Waals surface area contributed by atoms with Gasteiger partial charge in [0.2, 0.25) is 0 Å². The van der Waals surface area contributed by atoms with Gasteiger partial charge >= 0.3 is 0 Å². The molecule has 0 aromatic heterocycles. The van der Waals surface area contributed by atoms with Crippen molar-refractivity contribution in [3.63, 3.8) is 0 Å². The van der Waals surface area contributed by atoms with E-state index in [2.05, 4.69) is 12.1 Å². The zero-order valence-electron chi connectivity index (χ0n) is 13.1. The van der Waals surface area contributed by atoms with E-state index in [9.17, 15) is 0 Å². The van der Waals surface area contributed by atoms with Gasteiger partial charge in [0.1, 0.15) is 5.75 Å². The number of oxime groups is 1. The second-order valence-electron chi connectivity index (χ2n) is 5.80. The van der Waals surface area contributed by atoms with Crippen molar-refractivity contribution in [1.82, 2.24) is 0 Å². The second-order valence-corrected chi connectivity index (χ2v) is 5.80. The Morgan fingerprint density at radius 2 is 1.90 bits per heavy atom. The Labute approximate surface area is 128 Å². The molecule has 1 aromatic carbocycles. The molecule has 0 amide bonds. The van der Waals surface area contributed by atoms with Crippen LogP contribution in [0.15, 0.2) is 23.4 Å². The molecule has 0 bridgehead atoms. The van der Waals surface area contributed by atoms with E-state index in [1.807, 2.05) is 18.2 Å². The average Bonchev–Trinajstić information content (AvgIpc) is 2.53. The molecule has 3 nitrogen and oxygen atoms in total. The van der Waals surface area contributed by atoms with Crippen molar-refractivity contribution in [3.8, 4) is 5.75 Å². The first-order valence-corrected chi connectivity index (χ1v) is 8.32. The summed E-state index contributed by atoms with van der Waals surface area (Å²) >= 11 is 0. The zero-order valence-corrected chi connectivity index (χ0v) is 13.1. The van der Waals surface area contributed by atoms with Crippen molar-refractivity contribution in [1.29, 1.82) is 0 Å². The molecular formula is C18H27NO2. The monoisotopic (exact) mass is 289 g/mol. The van der Waals surface area contributed by atoms with Gasteiger partial charge in [0.15, 0.2) is 0 Å². The lowest BCUT2D eigenvalue weighted by Crippen LogP contribution is -2.13. The Hall–Kier alpha value is -1.51. The van der Waals surface area contributed by atoms with Crippen molar-refractivity contribution in [2.75, 3.05) is 6.61 Å². The van der Waals surface area contributed by atoms with Crippen molar-refractivity contribution in [2.45, 2.75) is 64.7 Å². The number of benzene rings is 1. The molecule has 0 spiro atoms. The van der Waals surface area contributed by atoms with Gasteiger partial charge < -0.3 is 9.94 Å². The molecule has 0 radical (unpaired) electrons. The Balaban J connectivity index is 1.84. The minimum Gasteiger partial charge on any atom is -0.493 e.